The molecule has 4 nitrogen and oxygen atoms in total. The van der Waals surface area contributed by atoms with Gasteiger partial charge < -0.3 is 11.1 Å². The van der Waals surface area contributed by atoms with Crippen molar-refractivity contribution < 1.29 is 9.59 Å². The van der Waals surface area contributed by atoms with Crippen LogP contribution in [-0.2, 0) is 17.6 Å². The molecule has 0 heterocycles. The van der Waals surface area contributed by atoms with E-state index in [1.165, 1.54) is 24.0 Å². The highest BCUT2D eigenvalue weighted by atomic mass is 35.5. The van der Waals surface area contributed by atoms with E-state index in [1.807, 2.05) is 12.1 Å². The Balaban J connectivity index is 0.00000225. The zero-order chi connectivity index (χ0) is 16.9. The Hall–Kier alpha value is -1.39. The number of carbonyl (C=O) groups excluding carboxylic acids is 2. The van der Waals surface area contributed by atoms with Gasteiger partial charge in [-0.2, -0.15) is 0 Å². The van der Waals surface area contributed by atoms with Gasteiger partial charge in [0.1, 0.15) is 0 Å². The average molecular weight is 365 g/mol. The SMILES string of the molecule is Cl.NCC1CCCC1NC(=O)CCC(=O)c1ccc2c(c1)CCCC2. The number of halogens is 1. The number of benzene rings is 1. The number of carbonyl (C=O) groups is 2. The average Bonchev–Trinajstić information content (AvgIpc) is 3.06. The highest BCUT2D eigenvalue weighted by Crippen LogP contribution is 2.25. The third-order valence-electron chi connectivity index (χ3n) is 5.56. The summed E-state index contributed by atoms with van der Waals surface area (Å²) in [6.07, 6.45) is 8.41. The molecule has 3 rings (SSSR count). The first kappa shape index (κ1) is 19.9. The van der Waals surface area contributed by atoms with E-state index in [4.69, 9.17) is 5.73 Å². The van der Waals surface area contributed by atoms with Gasteiger partial charge in [-0.1, -0.05) is 18.6 Å². The maximum absolute atomic E-state index is 12.4. The molecule has 5 heteroatoms. The molecule has 2 aliphatic carbocycles. The molecular formula is C20H29ClN2O2. The van der Waals surface area contributed by atoms with Crippen molar-refractivity contribution in [3.8, 4) is 0 Å². The predicted molar refractivity (Wildman–Crippen MR) is 102 cm³/mol. The number of ketones is 1. The van der Waals surface area contributed by atoms with Crippen LogP contribution in [0.15, 0.2) is 18.2 Å². The van der Waals surface area contributed by atoms with Crippen LogP contribution in [0.2, 0.25) is 0 Å². The lowest BCUT2D eigenvalue weighted by molar-refractivity contribution is -0.122. The summed E-state index contributed by atoms with van der Waals surface area (Å²) < 4.78 is 0. The number of aryl methyl sites for hydroxylation is 2. The summed E-state index contributed by atoms with van der Waals surface area (Å²) in [6.45, 7) is 0.624. The molecule has 0 aliphatic heterocycles. The molecule has 0 spiro atoms. The van der Waals surface area contributed by atoms with Crippen molar-refractivity contribution in [1.82, 2.24) is 5.32 Å². The predicted octanol–water partition coefficient (Wildman–Crippen LogP) is 3.19. The summed E-state index contributed by atoms with van der Waals surface area (Å²) >= 11 is 0. The van der Waals surface area contributed by atoms with Crippen molar-refractivity contribution >= 4 is 24.1 Å². The smallest absolute Gasteiger partial charge is 0.220 e. The largest absolute Gasteiger partial charge is 0.353 e. The van der Waals surface area contributed by atoms with Gasteiger partial charge in [-0.15, -0.1) is 12.4 Å². The molecule has 138 valence electrons. The highest BCUT2D eigenvalue weighted by molar-refractivity contribution is 5.98. The number of nitrogens with one attached hydrogen (secondary N) is 1. The fourth-order valence-electron chi connectivity index (χ4n) is 4.07. The second-order valence-electron chi connectivity index (χ2n) is 7.21. The summed E-state index contributed by atoms with van der Waals surface area (Å²) in [5.74, 6) is 0.442. The Morgan fingerprint density at radius 1 is 1.04 bits per heavy atom. The summed E-state index contributed by atoms with van der Waals surface area (Å²) in [7, 11) is 0. The van der Waals surface area contributed by atoms with Crippen LogP contribution in [-0.4, -0.2) is 24.3 Å². The zero-order valence-corrected chi connectivity index (χ0v) is 15.6. The minimum atomic E-state index is -0.0216. The van der Waals surface area contributed by atoms with Crippen molar-refractivity contribution in [3.63, 3.8) is 0 Å². The number of nitrogens with two attached hydrogens (primary N) is 1. The van der Waals surface area contributed by atoms with Crippen LogP contribution in [0.5, 0.6) is 0 Å². The summed E-state index contributed by atoms with van der Waals surface area (Å²) in [6, 6.07) is 6.25. The molecule has 1 aromatic carbocycles. The van der Waals surface area contributed by atoms with Crippen LogP contribution >= 0.6 is 12.4 Å². The van der Waals surface area contributed by atoms with Gasteiger partial charge in [0.25, 0.3) is 0 Å². The number of hydrogen-bond donors (Lipinski definition) is 2. The third kappa shape index (κ3) is 5.05. The second kappa shape index (κ2) is 9.35. The summed E-state index contributed by atoms with van der Waals surface area (Å²) in [5.41, 5.74) is 9.19. The fraction of sp³-hybridized carbons (Fsp3) is 0.600. The minimum absolute atomic E-state index is 0. The molecule has 25 heavy (non-hydrogen) atoms. The van der Waals surface area contributed by atoms with E-state index in [9.17, 15) is 9.59 Å². The second-order valence-corrected chi connectivity index (χ2v) is 7.21. The van der Waals surface area contributed by atoms with Gasteiger partial charge in [0.05, 0.1) is 0 Å². The highest BCUT2D eigenvalue weighted by Gasteiger charge is 2.27. The fourth-order valence-corrected chi connectivity index (χ4v) is 4.07. The van der Waals surface area contributed by atoms with Crippen LogP contribution in [0.25, 0.3) is 0 Å². The van der Waals surface area contributed by atoms with Crippen molar-refractivity contribution in [2.75, 3.05) is 6.54 Å². The molecule has 1 fully saturated rings. The van der Waals surface area contributed by atoms with Gasteiger partial charge in [-0.3, -0.25) is 9.59 Å². The van der Waals surface area contributed by atoms with E-state index < -0.39 is 0 Å². The summed E-state index contributed by atoms with van der Waals surface area (Å²) in [4.78, 5) is 24.5. The van der Waals surface area contributed by atoms with Crippen LogP contribution in [0.1, 0.15) is 66.4 Å². The van der Waals surface area contributed by atoms with Gasteiger partial charge in [-0.25, -0.2) is 0 Å². The van der Waals surface area contributed by atoms with Gasteiger partial charge in [0.2, 0.25) is 5.91 Å². The molecule has 2 atom stereocenters. The maximum Gasteiger partial charge on any atom is 0.220 e. The quantitative estimate of drug-likeness (QED) is 0.761. The van der Waals surface area contributed by atoms with Crippen LogP contribution in [0, 0.1) is 5.92 Å². The summed E-state index contributed by atoms with van der Waals surface area (Å²) in [5, 5.41) is 3.07. The number of hydrogen-bond acceptors (Lipinski definition) is 3. The topological polar surface area (TPSA) is 72.2 Å². The number of fused-ring (bicyclic) bond motifs is 1. The monoisotopic (exact) mass is 364 g/mol. The molecule has 3 N–H and O–H groups in total. The molecular weight excluding hydrogens is 336 g/mol. The Bertz CT molecular complexity index is 618. The standard InChI is InChI=1S/C20H28N2O2.ClH/c21-13-17-6-3-7-18(17)22-20(24)11-10-19(23)16-9-8-14-4-1-2-5-15(14)12-16;/h8-9,12,17-18H,1-7,10-11,13,21H2,(H,22,24);1H. The number of rotatable bonds is 6. The van der Waals surface area contributed by atoms with Gasteiger partial charge in [0.15, 0.2) is 5.78 Å². The minimum Gasteiger partial charge on any atom is -0.353 e. The maximum atomic E-state index is 12.4. The number of Topliss-reactive ketones (excluding diaryl/α,β-unsaturated/α-hetero) is 1. The molecule has 0 saturated heterocycles. The van der Waals surface area contributed by atoms with Crippen LogP contribution in [0.4, 0.5) is 0 Å². The Kier molecular flexibility index (Phi) is 7.45. The van der Waals surface area contributed by atoms with E-state index in [2.05, 4.69) is 11.4 Å². The molecule has 2 unspecified atom stereocenters. The molecule has 1 aromatic rings. The van der Waals surface area contributed by atoms with Crippen LogP contribution < -0.4 is 11.1 Å². The van der Waals surface area contributed by atoms with Gasteiger partial charge in [-0.05, 0) is 68.2 Å². The van der Waals surface area contributed by atoms with Gasteiger partial charge >= 0.3 is 0 Å². The van der Waals surface area contributed by atoms with E-state index in [1.54, 1.807) is 0 Å². The molecule has 1 amide bonds. The zero-order valence-electron chi connectivity index (χ0n) is 14.8. The van der Waals surface area contributed by atoms with Crippen LogP contribution in [0.3, 0.4) is 0 Å². The van der Waals surface area contributed by atoms with Crippen molar-refractivity contribution in [2.45, 2.75) is 63.8 Å². The molecule has 1 saturated carbocycles. The first-order valence-electron chi connectivity index (χ1n) is 9.32. The normalized spacial score (nSPS) is 22.0. The van der Waals surface area contributed by atoms with Crippen molar-refractivity contribution in [2.24, 2.45) is 11.7 Å². The molecule has 0 radical (unpaired) electrons. The Labute approximate surface area is 156 Å². The van der Waals surface area contributed by atoms with E-state index >= 15 is 0 Å². The third-order valence-corrected chi connectivity index (χ3v) is 5.56. The first-order chi connectivity index (χ1) is 11.7. The van der Waals surface area contributed by atoms with Crippen molar-refractivity contribution in [3.05, 3.63) is 34.9 Å². The Morgan fingerprint density at radius 2 is 1.80 bits per heavy atom. The van der Waals surface area contributed by atoms with Gasteiger partial charge in [0, 0.05) is 24.4 Å². The number of amides is 1. The lowest BCUT2D eigenvalue weighted by atomic mass is 9.89. The molecule has 0 bridgehead atoms. The first-order valence-corrected chi connectivity index (χ1v) is 9.32. The van der Waals surface area contributed by atoms with Crippen molar-refractivity contribution in [1.29, 1.82) is 0 Å². The van der Waals surface area contributed by atoms with E-state index in [-0.39, 0.29) is 43.0 Å². The van der Waals surface area contributed by atoms with E-state index in [0.29, 0.717) is 12.5 Å². The van der Waals surface area contributed by atoms with E-state index in [0.717, 1.165) is 37.7 Å². The molecule has 0 aromatic heterocycles. The lowest BCUT2D eigenvalue weighted by Gasteiger charge is -2.19. The lowest BCUT2D eigenvalue weighted by Crippen LogP contribution is -2.39. The molecule has 2 aliphatic rings. The Morgan fingerprint density at radius 3 is 2.56 bits per heavy atom.